The molecular weight excluding hydrogens is 266 g/mol. The molecule has 0 saturated heterocycles. The smallest absolute Gasteiger partial charge is 0.128 e. The summed E-state index contributed by atoms with van der Waals surface area (Å²) in [5, 5.41) is 5.69. The molecule has 4 heteroatoms. The Bertz CT molecular complexity index is 489. The molecule has 0 aliphatic heterocycles. The van der Waals surface area contributed by atoms with Gasteiger partial charge in [0, 0.05) is 18.0 Å². The third-order valence-corrected chi connectivity index (χ3v) is 4.46. The van der Waals surface area contributed by atoms with Crippen molar-refractivity contribution in [3.8, 4) is 0 Å². The van der Waals surface area contributed by atoms with E-state index < -0.39 is 0 Å². The topological polar surface area (TPSA) is 28.2 Å². The van der Waals surface area contributed by atoms with Gasteiger partial charge in [0.25, 0.3) is 0 Å². The highest BCUT2D eigenvalue weighted by molar-refractivity contribution is 7.10. The van der Waals surface area contributed by atoms with Gasteiger partial charge in [-0.15, -0.1) is 11.3 Å². The van der Waals surface area contributed by atoms with E-state index >= 15 is 0 Å². The Morgan fingerprint density at radius 2 is 2.00 bits per heavy atom. The van der Waals surface area contributed by atoms with Gasteiger partial charge in [0.1, 0.15) is 5.82 Å². The van der Waals surface area contributed by atoms with Crippen LogP contribution in [0.25, 0.3) is 0 Å². The van der Waals surface area contributed by atoms with Crippen molar-refractivity contribution >= 4 is 22.8 Å². The minimum atomic E-state index is 0.371. The number of nitrogens with zero attached hydrogens (tertiary/aromatic N) is 2. The Morgan fingerprint density at radius 3 is 2.50 bits per heavy atom. The van der Waals surface area contributed by atoms with E-state index in [0.29, 0.717) is 6.04 Å². The Balaban J connectivity index is 2.06. The normalized spacial score (nSPS) is 12.2. The SMILES string of the molecule is CCC(Nc1ccc(N(CC)CC)nc1)c1cccs1. The lowest BCUT2D eigenvalue weighted by atomic mass is 10.2. The van der Waals surface area contributed by atoms with Gasteiger partial charge in [-0.3, -0.25) is 0 Å². The van der Waals surface area contributed by atoms with E-state index in [0.717, 1.165) is 31.0 Å². The molecule has 1 N–H and O–H groups in total. The van der Waals surface area contributed by atoms with Gasteiger partial charge in [-0.2, -0.15) is 0 Å². The largest absolute Gasteiger partial charge is 0.376 e. The van der Waals surface area contributed by atoms with Crippen LogP contribution in [0.5, 0.6) is 0 Å². The van der Waals surface area contributed by atoms with Gasteiger partial charge >= 0.3 is 0 Å². The van der Waals surface area contributed by atoms with E-state index in [-0.39, 0.29) is 0 Å². The zero-order chi connectivity index (χ0) is 14.4. The van der Waals surface area contributed by atoms with E-state index in [1.807, 2.05) is 6.20 Å². The second-order valence-corrected chi connectivity index (χ2v) is 5.68. The molecule has 2 aromatic rings. The first-order chi connectivity index (χ1) is 9.78. The maximum absolute atomic E-state index is 4.56. The number of hydrogen-bond donors (Lipinski definition) is 1. The molecule has 0 fully saturated rings. The van der Waals surface area contributed by atoms with E-state index in [4.69, 9.17) is 0 Å². The Labute approximate surface area is 125 Å². The van der Waals surface area contributed by atoms with Gasteiger partial charge in [-0.1, -0.05) is 13.0 Å². The van der Waals surface area contributed by atoms with Gasteiger partial charge in [0.2, 0.25) is 0 Å². The molecule has 1 atom stereocenters. The predicted octanol–water partition coefficient (Wildman–Crippen LogP) is 4.55. The summed E-state index contributed by atoms with van der Waals surface area (Å²) in [6.45, 7) is 8.49. The maximum Gasteiger partial charge on any atom is 0.128 e. The van der Waals surface area contributed by atoms with E-state index in [2.05, 4.69) is 65.6 Å². The van der Waals surface area contributed by atoms with Crippen molar-refractivity contribution in [3.05, 3.63) is 40.7 Å². The average molecular weight is 289 g/mol. The minimum absolute atomic E-state index is 0.371. The molecule has 0 bridgehead atoms. The first-order valence-corrected chi connectivity index (χ1v) is 8.17. The van der Waals surface area contributed by atoms with Gasteiger partial charge in [-0.05, 0) is 43.8 Å². The van der Waals surface area contributed by atoms with Crippen LogP contribution in [-0.4, -0.2) is 18.1 Å². The van der Waals surface area contributed by atoms with Crippen molar-refractivity contribution in [1.82, 2.24) is 4.98 Å². The summed E-state index contributed by atoms with van der Waals surface area (Å²) >= 11 is 1.80. The molecule has 108 valence electrons. The van der Waals surface area contributed by atoms with Crippen LogP contribution in [-0.2, 0) is 0 Å². The van der Waals surface area contributed by atoms with E-state index in [9.17, 15) is 0 Å². The van der Waals surface area contributed by atoms with E-state index in [1.54, 1.807) is 11.3 Å². The number of hydrogen-bond acceptors (Lipinski definition) is 4. The summed E-state index contributed by atoms with van der Waals surface area (Å²) < 4.78 is 0. The quantitative estimate of drug-likeness (QED) is 0.810. The third kappa shape index (κ3) is 3.51. The fourth-order valence-corrected chi connectivity index (χ4v) is 3.13. The summed E-state index contributed by atoms with van der Waals surface area (Å²) in [5.41, 5.74) is 1.08. The second-order valence-electron chi connectivity index (χ2n) is 4.70. The van der Waals surface area contributed by atoms with Crippen LogP contribution in [0.4, 0.5) is 11.5 Å². The number of nitrogens with one attached hydrogen (secondary N) is 1. The summed E-state index contributed by atoms with van der Waals surface area (Å²) in [4.78, 5) is 8.18. The Morgan fingerprint density at radius 1 is 1.20 bits per heavy atom. The maximum atomic E-state index is 4.56. The zero-order valence-electron chi connectivity index (χ0n) is 12.5. The molecule has 0 amide bonds. The lowest BCUT2D eigenvalue weighted by Crippen LogP contribution is -2.22. The van der Waals surface area contributed by atoms with Crippen LogP contribution in [0.3, 0.4) is 0 Å². The first kappa shape index (κ1) is 14.9. The first-order valence-electron chi connectivity index (χ1n) is 7.29. The highest BCUT2D eigenvalue weighted by Crippen LogP contribution is 2.26. The predicted molar refractivity (Wildman–Crippen MR) is 88.8 cm³/mol. The zero-order valence-corrected chi connectivity index (χ0v) is 13.3. The van der Waals surface area contributed by atoms with Crippen molar-refractivity contribution in [2.75, 3.05) is 23.3 Å². The molecule has 0 spiro atoms. The summed E-state index contributed by atoms with van der Waals surface area (Å²) in [6, 6.07) is 8.87. The number of anilines is 2. The van der Waals surface area contributed by atoms with Crippen molar-refractivity contribution in [2.45, 2.75) is 33.2 Å². The van der Waals surface area contributed by atoms with Crippen molar-refractivity contribution in [2.24, 2.45) is 0 Å². The van der Waals surface area contributed by atoms with Crippen molar-refractivity contribution in [3.63, 3.8) is 0 Å². The molecule has 2 heterocycles. The van der Waals surface area contributed by atoms with Crippen molar-refractivity contribution in [1.29, 1.82) is 0 Å². The second kappa shape index (κ2) is 7.29. The molecule has 2 aromatic heterocycles. The molecule has 0 aromatic carbocycles. The summed E-state index contributed by atoms with van der Waals surface area (Å²) in [5.74, 6) is 1.05. The Hall–Kier alpha value is -1.55. The van der Waals surface area contributed by atoms with Crippen LogP contribution < -0.4 is 10.2 Å². The fourth-order valence-electron chi connectivity index (χ4n) is 2.27. The molecule has 0 radical (unpaired) electrons. The molecular formula is C16H23N3S. The van der Waals surface area contributed by atoms with Crippen LogP contribution >= 0.6 is 11.3 Å². The third-order valence-electron chi connectivity index (χ3n) is 3.47. The number of rotatable bonds is 7. The van der Waals surface area contributed by atoms with Crippen LogP contribution in [0.2, 0.25) is 0 Å². The standard InChI is InChI=1S/C16H23N3S/c1-4-14(15-8-7-11-20-15)18-13-9-10-16(17-12-13)19(5-2)6-3/h7-12,14,18H,4-6H2,1-3H3. The molecule has 3 nitrogen and oxygen atoms in total. The average Bonchev–Trinajstić information content (AvgIpc) is 3.01. The molecule has 0 aliphatic carbocycles. The van der Waals surface area contributed by atoms with Gasteiger partial charge in [0.05, 0.1) is 17.9 Å². The van der Waals surface area contributed by atoms with Crippen LogP contribution in [0, 0.1) is 0 Å². The van der Waals surface area contributed by atoms with Crippen LogP contribution in [0.1, 0.15) is 38.1 Å². The minimum Gasteiger partial charge on any atom is -0.376 e. The molecule has 20 heavy (non-hydrogen) atoms. The van der Waals surface area contributed by atoms with E-state index in [1.165, 1.54) is 4.88 Å². The number of thiophene rings is 1. The molecule has 1 unspecified atom stereocenters. The van der Waals surface area contributed by atoms with Gasteiger partial charge in [-0.25, -0.2) is 4.98 Å². The number of aromatic nitrogens is 1. The summed E-state index contributed by atoms with van der Waals surface area (Å²) in [7, 11) is 0. The fraction of sp³-hybridized carbons (Fsp3) is 0.438. The molecule has 0 aliphatic rings. The van der Waals surface area contributed by atoms with Crippen LogP contribution in [0.15, 0.2) is 35.8 Å². The summed E-state index contributed by atoms with van der Waals surface area (Å²) in [6.07, 6.45) is 3.00. The Kier molecular flexibility index (Phi) is 5.41. The highest BCUT2D eigenvalue weighted by Gasteiger charge is 2.10. The lowest BCUT2D eigenvalue weighted by Gasteiger charge is -2.21. The van der Waals surface area contributed by atoms with Crippen molar-refractivity contribution < 1.29 is 0 Å². The monoisotopic (exact) mass is 289 g/mol. The highest BCUT2D eigenvalue weighted by atomic mass is 32.1. The van der Waals surface area contributed by atoms with Gasteiger partial charge in [0.15, 0.2) is 0 Å². The van der Waals surface area contributed by atoms with Gasteiger partial charge < -0.3 is 10.2 Å². The lowest BCUT2D eigenvalue weighted by molar-refractivity contribution is 0.762. The molecule has 2 rings (SSSR count). The molecule has 0 saturated carbocycles. The number of pyridine rings is 1.